The van der Waals surface area contributed by atoms with E-state index in [1.54, 1.807) is 0 Å². The van der Waals surface area contributed by atoms with Gasteiger partial charge in [-0.15, -0.1) is 12.4 Å². The number of fused-ring (bicyclic) bond motifs is 1. The van der Waals surface area contributed by atoms with Gasteiger partial charge in [0.25, 0.3) is 5.91 Å². The number of hydrogen-bond donors (Lipinski definition) is 1. The van der Waals surface area contributed by atoms with Crippen molar-refractivity contribution in [3.05, 3.63) is 28.8 Å². The zero-order valence-corrected chi connectivity index (χ0v) is 15.4. The number of aryl methyl sites for hydroxylation is 2. The van der Waals surface area contributed by atoms with Gasteiger partial charge in [0.1, 0.15) is 5.75 Å². The van der Waals surface area contributed by atoms with E-state index in [0.29, 0.717) is 5.41 Å². The van der Waals surface area contributed by atoms with Crippen molar-refractivity contribution in [3.63, 3.8) is 0 Å². The van der Waals surface area contributed by atoms with Gasteiger partial charge in [-0.2, -0.15) is 0 Å². The summed E-state index contributed by atoms with van der Waals surface area (Å²) in [7, 11) is 0. The molecule has 24 heavy (non-hydrogen) atoms. The number of halogens is 1. The molecule has 1 spiro atoms. The molecule has 4 nitrogen and oxygen atoms in total. The summed E-state index contributed by atoms with van der Waals surface area (Å²) in [5.41, 5.74) is 4.13. The molecule has 3 aliphatic rings. The van der Waals surface area contributed by atoms with Crippen LogP contribution in [0.5, 0.6) is 5.75 Å². The van der Waals surface area contributed by atoms with Gasteiger partial charge >= 0.3 is 0 Å². The molecule has 0 saturated carbocycles. The molecular formula is C19H27ClN2O2. The molecule has 5 heteroatoms. The quantitative estimate of drug-likeness (QED) is 0.846. The zero-order chi connectivity index (χ0) is 16.0. The standard InChI is InChI=1S/C19H26N2O2.ClH/c1-13-9-15-11-17(23-16(15)10-14(13)2)18(22)21-7-4-19(5-8-21)3-6-20-12-19;/h9-10,17,20H,3-8,11-12H2,1-2H3;1H. The van der Waals surface area contributed by atoms with Gasteiger partial charge in [-0.05, 0) is 67.8 Å². The summed E-state index contributed by atoms with van der Waals surface area (Å²) >= 11 is 0. The van der Waals surface area contributed by atoms with E-state index in [4.69, 9.17) is 4.74 Å². The number of nitrogens with one attached hydrogen (secondary N) is 1. The third kappa shape index (κ3) is 3.02. The molecule has 3 heterocycles. The van der Waals surface area contributed by atoms with Crippen molar-refractivity contribution >= 4 is 18.3 Å². The Morgan fingerprint density at radius 2 is 1.92 bits per heavy atom. The average Bonchev–Trinajstić information content (AvgIpc) is 3.15. The van der Waals surface area contributed by atoms with E-state index in [0.717, 1.165) is 51.2 Å². The lowest BCUT2D eigenvalue weighted by Gasteiger charge is -2.39. The topological polar surface area (TPSA) is 41.6 Å². The summed E-state index contributed by atoms with van der Waals surface area (Å²) < 4.78 is 5.97. The molecule has 3 aliphatic heterocycles. The third-order valence-electron chi connectivity index (χ3n) is 6.09. The second-order valence-corrected chi connectivity index (χ2v) is 7.61. The predicted molar refractivity (Wildman–Crippen MR) is 97.0 cm³/mol. The van der Waals surface area contributed by atoms with Gasteiger partial charge in [-0.1, -0.05) is 6.07 Å². The van der Waals surface area contributed by atoms with Crippen LogP contribution in [0.25, 0.3) is 0 Å². The van der Waals surface area contributed by atoms with E-state index in [1.165, 1.54) is 23.1 Å². The van der Waals surface area contributed by atoms with Gasteiger partial charge in [0, 0.05) is 26.1 Å². The van der Waals surface area contributed by atoms with Crippen LogP contribution < -0.4 is 10.1 Å². The molecule has 4 rings (SSSR count). The van der Waals surface area contributed by atoms with Gasteiger partial charge in [0.2, 0.25) is 0 Å². The van der Waals surface area contributed by atoms with Gasteiger partial charge in [0.05, 0.1) is 0 Å². The van der Waals surface area contributed by atoms with Crippen LogP contribution in [0, 0.1) is 19.3 Å². The molecule has 1 aromatic carbocycles. The minimum absolute atomic E-state index is 0. The Hall–Kier alpha value is -1.26. The number of rotatable bonds is 1. The lowest BCUT2D eigenvalue weighted by Crippen LogP contribution is -2.48. The SMILES string of the molecule is Cc1cc2c(cc1C)OC(C(=O)N1CCC3(CCNC3)CC1)C2.Cl. The summed E-state index contributed by atoms with van der Waals surface area (Å²) in [6.45, 7) is 8.23. The molecule has 2 fully saturated rings. The highest BCUT2D eigenvalue weighted by Crippen LogP contribution is 2.38. The molecule has 0 aliphatic carbocycles. The first-order valence-corrected chi connectivity index (χ1v) is 8.83. The van der Waals surface area contributed by atoms with Crippen LogP contribution in [0.4, 0.5) is 0 Å². The number of likely N-dealkylation sites (tertiary alicyclic amines) is 1. The number of carbonyl (C=O) groups excluding carboxylic acids is 1. The lowest BCUT2D eigenvalue weighted by molar-refractivity contribution is -0.140. The van der Waals surface area contributed by atoms with Crippen molar-refractivity contribution < 1.29 is 9.53 Å². The third-order valence-corrected chi connectivity index (χ3v) is 6.09. The predicted octanol–water partition coefficient (Wildman–Crippen LogP) is 2.63. The van der Waals surface area contributed by atoms with Crippen LogP contribution in [0.1, 0.15) is 36.0 Å². The second kappa shape index (κ2) is 6.57. The van der Waals surface area contributed by atoms with E-state index in [2.05, 4.69) is 31.3 Å². The molecule has 2 saturated heterocycles. The summed E-state index contributed by atoms with van der Waals surface area (Å²) in [6, 6.07) is 4.25. The molecule has 1 atom stereocenters. The molecular weight excluding hydrogens is 324 g/mol. The molecule has 0 radical (unpaired) electrons. The highest BCUT2D eigenvalue weighted by molar-refractivity contribution is 5.85. The van der Waals surface area contributed by atoms with E-state index >= 15 is 0 Å². The highest BCUT2D eigenvalue weighted by atomic mass is 35.5. The Bertz CT molecular complexity index is 599. The summed E-state index contributed by atoms with van der Waals surface area (Å²) in [5, 5.41) is 3.48. The Morgan fingerprint density at radius 3 is 2.58 bits per heavy atom. The van der Waals surface area contributed by atoms with Crippen LogP contribution >= 0.6 is 12.4 Å². The van der Waals surface area contributed by atoms with E-state index in [9.17, 15) is 4.79 Å². The lowest BCUT2D eigenvalue weighted by atomic mass is 9.78. The van der Waals surface area contributed by atoms with Gasteiger partial charge < -0.3 is 15.0 Å². The smallest absolute Gasteiger partial charge is 0.263 e. The number of hydrogen-bond acceptors (Lipinski definition) is 3. The summed E-state index contributed by atoms with van der Waals surface area (Å²) in [4.78, 5) is 14.9. The normalized spacial score (nSPS) is 24.4. The van der Waals surface area contributed by atoms with E-state index in [1.807, 2.05) is 4.90 Å². The van der Waals surface area contributed by atoms with Crippen molar-refractivity contribution in [1.29, 1.82) is 0 Å². The van der Waals surface area contributed by atoms with Crippen molar-refractivity contribution in [2.24, 2.45) is 5.41 Å². The molecule has 132 valence electrons. The first-order chi connectivity index (χ1) is 11.1. The Kier molecular flexibility index (Phi) is 4.80. The first-order valence-electron chi connectivity index (χ1n) is 8.83. The maximum absolute atomic E-state index is 12.8. The number of benzene rings is 1. The minimum atomic E-state index is -0.318. The number of ether oxygens (including phenoxy) is 1. The Morgan fingerprint density at radius 1 is 1.21 bits per heavy atom. The maximum Gasteiger partial charge on any atom is 0.263 e. The highest BCUT2D eigenvalue weighted by Gasteiger charge is 2.40. The fraction of sp³-hybridized carbons (Fsp3) is 0.632. The molecule has 1 amide bonds. The van der Waals surface area contributed by atoms with Crippen LogP contribution in [0.2, 0.25) is 0 Å². The molecule has 0 bridgehead atoms. The largest absolute Gasteiger partial charge is 0.480 e. The number of carbonyl (C=O) groups is 1. The molecule has 0 aromatic heterocycles. The molecule has 1 N–H and O–H groups in total. The van der Waals surface area contributed by atoms with Crippen LogP contribution in [-0.4, -0.2) is 43.1 Å². The Labute approximate surface area is 150 Å². The second-order valence-electron chi connectivity index (χ2n) is 7.61. The fourth-order valence-electron chi connectivity index (χ4n) is 4.28. The van der Waals surface area contributed by atoms with Crippen molar-refractivity contribution in [2.75, 3.05) is 26.2 Å². The van der Waals surface area contributed by atoms with E-state index in [-0.39, 0.29) is 24.4 Å². The zero-order valence-electron chi connectivity index (χ0n) is 14.6. The van der Waals surface area contributed by atoms with E-state index < -0.39 is 0 Å². The fourth-order valence-corrected chi connectivity index (χ4v) is 4.28. The van der Waals surface area contributed by atoms with Crippen molar-refractivity contribution in [3.8, 4) is 5.75 Å². The van der Waals surface area contributed by atoms with Crippen LogP contribution in [-0.2, 0) is 11.2 Å². The number of piperidine rings is 1. The number of nitrogens with zero attached hydrogens (tertiary/aromatic N) is 1. The van der Waals surface area contributed by atoms with Gasteiger partial charge in [-0.3, -0.25) is 4.79 Å². The van der Waals surface area contributed by atoms with Gasteiger partial charge in [-0.25, -0.2) is 0 Å². The summed E-state index contributed by atoms with van der Waals surface area (Å²) in [6.07, 6.45) is 3.92. The average molecular weight is 351 g/mol. The molecule has 1 aromatic rings. The van der Waals surface area contributed by atoms with Gasteiger partial charge in [0.15, 0.2) is 6.10 Å². The Balaban J connectivity index is 0.00000169. The summed E-state index contributed by atoms with van der Waals surface area (Å²) in [5.74, 6) is 1.08. The van der Waals surface area contributed by atoms with Crippen molar-refractivity contribution in [2.45, 2.75) is 45.6 Å². The van der Waals surface area contributed by atoms with Crippen molar-refractivity contribution in [1.82, 2.24) is 10.2 Å². The minimum Gasteiger partial charge on any atom is -0.480 e. The molecule has 1 unspecified atom stereocenters. The van der Waals surface area contributed by atoms with Crippen LogP contribution in [0.3, 0.4) is 0 Å². The maximum atomic E-state index is 12.8. The van der Waals surface area contributed by atoms with Crippen LogP contribution in [0.15, 0.2) is 12.1 Å². The number of amides is 1. The first kappa shape index (κ1) is 17.6. The monoisotopic (exact) mass is 350 g/mol.